The second-order valence-electron chi connectivity index (χ2n) is 5.68. The Bertz CT molecular complexity index is 475. The van der Waals surface area contributed by atoms with Crippen molar-refractivity contribution in [2.24, 2.45) is 11.8 Å². The molecule has 1 aliphatic rings. The van der Waals surface area contributed by atoms with E-state index in [0.717, 1.165) is 38.6 Å². The summed E-state index contributed by atoms with van der Waals surface area (Å²) in [5.41, 5.74) is 0.928. The fourth-order valence-corrected chi connectivity index (χ4v) is 2.82. The quantitative estimate of drug-likeness (QED) is 0.596. The van der Waals surface area contributed by atoms with Gasteiger partial charge in [0.05, 0.1) is 12.2 Å². The number of hydrogen-bond acceptors (Lipinski definition) is 4. The highest BCUT2D eigenvalue weighted by molar-refractivity contribution is 5.91. The molecule has 1 aliphatic carbocycles. The first kappa shape index (κ1) is 15.7. The molecule has 0 spiro atoms. The highest BCUT2D eigenvalue weighted by atomic mass is 16.5. The summed E-state index contributed by atoms with van der Waals surface area (Å²) in [6.45, 7) is 1.29. The Hall–Kier alpha value is -1.68. The smallest absolute Gasteiger partial charge is 0.338 e. The lowest BCUT2D eigenvalue weighted by Crippen LogP contribution is -2.22. The summed E-state index contributed by atoms with van der Waals surface area (Å²) in [6, 6.07) is 6.59. The van der Waals surface area contributed by atoms with Gasteiger partial charge in [0.25, 0.3) is 0 Å². The van der Waals surface area contributed by atoms with Gasteiger partial charge < -0.3 is 9.47 Å². The van der Waals surface area contributed by atoms with Crippen LogP contribution in [0.25, 0.3) is 0 Å². The third-order valence-corrected chi connectivity index (χ3v) is 4.08. The van der Waals surface area contributed by atoms with Gasteiger partial charge in [-0.15, -0.1) is 0 Å². The predicted molar refractivity (Wildman–Crippen MR) is 79.4 cm³/mol. The molecule has 0 heterocycles. The third kappa shape index (κ3) is 4.67. The number of methoxy groups -OCH3 is 1. The van der Waals surface area contributed by atoms with Gasteiger partial charge in [-0.2, -0.15) is 0 Å². The maximum absolute atomic E-state index is 12.0. The largest absolute Gasteiger partial charge is 0.462 e. The number of carbonyl (C=O) groups is 2. The zero-order valence-electron chi connectivity index (χ0n) is 12.4. The van der Waals surface area contributed by atoms with Crippen molar-refractivity contribution >= 4 is 12.3 Å². The minimum Gasteiger partial charge on any atom is -0.462 e. The Balaban J connectivity index is 1.78. The highest BCUT2D eigenvalue weighted by Crippen LogP contribution is 2.29. The van der Waals surface area contributed by atoms with E-state index in [-0.39, 0.29) is 5.97 Å². The van der Waals surface area contributed by atoms with Gasteiger partial charge in [0.15, 0.2) is 0 Å². The topological polar surface area (TPSA) is 52.6 Å². The van der Waals surface area contributed by atoms with Crippen LogP contribution in [0.4, 0.5) is 0 Å². The number of aldehydes is 1. The molecule has 0 saturated heterocycles. The van der Waals surface area contributed by atoms with Crippen LogP contribution in [-0.4, -0.2) is 32.6 Å². The molecule has 1 fully saturated rings. The average molecular weight is 290 g/mol. The van der Waals surface area contributed by atoms with Crippen LogP contribution in [0.2, 0.25) is 0 Å². The first-order valence-corrected chi connectivity index (χ1v) is 7.44. The summed E-state index contributed by atoms with van der Waals surface area (Å²) >= 11 is 0. The number of benzene rings is 1. The summed E-state index contributed by atoms with van der Waals surface area (Å²) in [5.74, 6) is 0.736. The Morgan fingerprint density at radius 3 is 2.48 bits per heavy atom. The Morgan fingerprint density at radius 1 is 1.19 bits per heavy atom. The molecule has 0 atom stereocenters. The van der Waals surface area contributed by atoms with Crippen LogP contribution in [0.3, 0.4) is 0 Å². The van der Waals surface area contributed by atoms with E-state index >= 15 is 0 Å². The van der Waals surface area contributed by atoms with Gasteiger partial charge in [-0.3, -0.25) is 4.79 Å². The zero-order valence-corrected chi connectivity index (χ0v) is 12.4. The predicted octanol–water partition coefficient (Wildman–Crippen LogP) is 3.11. The van der Waals surface area contributed by atoms with Gasteiger partial charge in [0, 0.05) is 19.3 Å². The Morgan fingerprint density at radius 2 is 1.86 bits per heavy atom. The third-order valence-electron chi connectivity index (χ3n) is 4.08. The molecule has 114 valence electrons. The lowest BCUT2D eigenvalue weighted by Gasteiger charge is -2.27. The van der Waals surface area contributed by atoms with E-state index in [1.54, 1.807) is 31.4 Å². The Labute approximate surface area is 125 Å². The van der Waals surface area contributed by atoms with Crippen molar-refractivity contribution in [3.63, 3.8) is 0 Å². The lowest BCUT2D eigenvalue weighted by molar-refractivity contribution is 0.0368. The fraction of sp³-hybridized carbons (Fsp3) is 0.529. The number of ether oxygens (including phenoxy) is 2. The number of esters is 1. The van der Waals surface area contributed by atoms with Crippen molar-refractivity contribution in [3.05, 3.63) is 35.4 Å². The molecule has 0 unspecified atom stereocenters. The van der Waals surface area contributed by atoms with E-state index in [2.05, 4.69) is 0 Å². The average Bonchev–Trinajstić information content (AvgIpc) is 2.54. The minimum absolute atomic E-state index is 0.349. The van der Waals surface area contributed by atoms with Gasteiger partial charge in [-0.05, 0) is 49.7 Å². The highest BCUT2D eigenvalue weighted by Gasteiger charge is 2.22. The molecule has 0 N–H and O–H groups in total. The molecule has 0 radical (unpaired) electrons. The summed E-state index contributed by atoms with van der Waals surface area (Å²) in [4.78, 5) is 22.7. The summed E-state index contributed by atoms with van der Waals surface area (Å²) in [5, 5.41) is 0. The van der Waals surface area contributed by atoms with E-state index in [1.165, 1.54) is 0 Å². The van der Waals surface area contributed by atoms with Crippen LogP contribution in [-0.2, 0) is 9.47 Å². The molecule has 4 nitrogen and oxygen atoms in total. The standard InChI is InChI=1S/C17H22O4/c1-20-11-13-5-7-14(8-6-13)12-21-17(19)16-4-2-3-15(9-16)10-18/h2-4,9-10,13-14H,5-8,11-12H2,1H3. The molecule has 0 aromatic heterocycles. The molecule has 1 aromatic rings. The lowest BCUT2D eigenvalue weighted by atomic mass is 9.83. The van der Waals surface area contributed by atoms with E-state index in [1.807, 2.05) is 0 Å². The van der Waals surface area contributed by atoms with Gasteiger partial charge >= 0.3 is 5.97 Å². The molecule has 2 rings (SSSR count). The maximum atomic E-state index is 12.0. The van der Waals surface area contributed by atoms with E-state index in [0.29, 0.717) is 29.6 Å². The number of carbonyl (C=O) groups excluding carboxylic acids is 2. The van der Waals surface area contributed by atoms with Gasteiger partial charge in [-0.1, -0.05) is 12.1 Å². The van der Waals surface area contributed by atoms with E-state index in [9.17, 15) is 9.59 Å². The monoisotopic (exact) mass is 290 g/mol. The second-order valence-corrected chi connectivity index (χ2v) is 5.68. The van der Waals surface area contributed by atoms with Crippen LogP contribution in [0.15, 0.2) is 24.3 Å². The summed E-state index contributed by atoms with van der Waals surface area (Å²) in [6.07, 6.45) is 5.16. The molecule has 0 amide bonds. The van der Waals surface area contributed by atoms with Crippen molar-refractivity contribution in [1.82, 2.24) is 0 Å². The van der Waals surface area contributed by atoms with Gasteiger partial charge in [-0.25, -0.2) is 4.79 Å². The van der Waals surface area contributed by atoms with Crippen molar-refractivity contribution in [1.29, 1.82) is 0 Å². The van der Waals surface area contributed by atoms with E-state index < -0.39 is 0 Å². The number of rotatable bonds is 6. The molecule has 21 heavy (non-hydrogen) atoms. The summed E-state index contributed by atoms with van der Waals surface area (Å²) in [7, 11) is 1.74. The normalized spacial score (nSPS) is 21.8. The van der Waals surface area contributed by atoms with Crippen LogP contribution in [0, 0.1) is 11.8 Å². The molecule has 1 saturated carbocycles. The van der Waals surface area contributed by atoms with Crippen molar-refractivity contribution in [2.45, 2.75) is 25.7 Å². The van der Waals surface area contributed by atoms with Crippen LogP contribution in [0.5, 0.6) is 0 Å². The first-order valence-electron chi connectivity index (χ1n) is 7.44. The molecule has 0 aliphatic heterocycles. The van der Waals surface area contributed by atoms with E-state index in [4.69, 9.17) is 9.47 Å². The number of hydrogen-bond donors (Lipinski definition) is 0. The van der Waals surface area contributed by atoms with Crippen molar-refractivity contribution in [3.8, 4) is 0 Å². The zero-order chi connectivity index (χ0) is 15.1. The maximum Gasteiger partial charge on any atom is 0.338 e. The molecule has 4 heteroatoms. The molecular weight excluding hydrogens is 268 g/mol. The molecular formula is C17H22O4. The van der Waals surface area contributed by atoms with Crippen LogP contribution in [0.1, 0.15) is 46.4 Å². The van der Waals surface area contributed by atoms with Crippen molar-refractivity contribution in [2.75, 3.05) is 20.3 Å². The van der Waals surface area contributed by atoms with Gasteiger partial charge in [0.1, 0.15) is 6.29 Å². The SMILES string of the molecule is COCC1CCC(COC(=O)c2cccc(C=O)c2)CC1. The molecule has 1 aromatic carbocycles. The first-order chi connectivity index (χ1) is 10.2. The Kier molecular flexibility index (Phi) is 5.93. The van der Waals surface area contributed by atoms with Crippen LogP contribution < -0.4 is 0 Å². The molecule has 0 bridgehead atoms. The van der Waals surface area contributed by atoms with Crippen molar-refractivity contribution < 1.29 is 19.1 Å². The minimum atomic E-state index is -0.349. The summed E-state index contributed by atoms with van der Waals surface area (Å²) < 4.78 is 10.6. The fourth-order valence-electron chi connectivity index (χ4n) is 2.82. The van der Waals surface area contributed by atoms with Gasteiger partial charge in [0.2, 0.25) is 0 Å². The van der Waals surface area contributed by atoms with Crippen LogP contribution >= 0.6 is 0 Å². The second kappa shape index (κ2) is 7.93.